The number of rotatable bonds is 4. The zero-order valence-corrected chi connectivity index (χ0v) is 11.5. The molecular weight excluding hydrogens is 254 g/mol. The van der Waals surface area contributed by atoms with Crippen LogP contribution in [0.25, 0.3) is 0 Å². The van der Waals surface area contributed by atoms with Crippen molar-refractivity contribution in [3.8, 4) is 11.5 Å². The number of aryl methyl sites for hydroxylation is 2. The molecule has 0 atom stereocenters. The second-order valence-corrected chi connectivity index (χ2v) is 4.40. The molecular formula is C15H17N3O2. The molecule has 0 aromatic heterocycles. The van der Waals surface area contributed by atoms with Crippen LogP contribution in [-0.2, 0) is 0 Å². The molecule has 2 aromatic rings. The first-order valence-corrected chi connectivity index (χ1v) is 6.20. The summed E-state index contributed by atoms with van der Waals surface area (Å²) in [5.41, 5.74) is 10.4. The van der Waals surface area contributed by atoms with Crippen LogP contribution in [0, 0.1) is 13.8 Å². The lowest BCUT2D eigenvalue weighted by Gasteiger charge is -2.07. The van der Waals surface area contributed by atoms with Gasteiger partial charge in [-0.05, 0) is 43.3 Å². The van der Waals surface area contributed by atoms with Gasteiger partial charge in [0.25, 0.3) is 5.96 Å². The SMILES string of the molecule is Cc1ccc(O/N=C(/N)NOc2ccc(C)cc2)cc1. The monoisotopic (exact) mass is 271 g/mol. The van der Waals surface area contributed by atoms with Crippen LogP contribution in [0.3, 0.4) is 0 Å². The quantitative estimate of drug-likeness (QED) is 0.509. The van der Waals surface area contributed by atoms with Crippen molar-refractivity contribution in [3.63, 3.8) is 0 Å². The van der Waals surface area contributed by atoms with Gasteiger partial charge >= 0.3 is 0 Å². The summed E-state index contributed by atoms with van der Waals surface area (Å²) < 4.78 is 0. The van der Waals surface area contributed by atoms with Crippen LogP contribution in [0.15, 0.2) is 53.7 Å². The van der Waals surface area contributed by atoms with Gasteiger partial charge in [0.2, 0.25) is 0 Å². The molecule has 104 valence electrons. The lowest BCUT2D eigenvalue weighted by molar-refractivity contribution is 0.249. The Morgan fingerprint density at radius 3 is 1.95 bits per heavy atom. The number of hydroxylamine groups is 1. The van der Waals surface area contributed by atoms with Gasteiger partial charge < -0.3 is 15.4 Å². The van der Waals surface area contributed by atoms with E-state index < -0.39 is 0 Å². The van der Waals surface area contributed by atoms with Crippen molar-refractivity contribution < 1.29 is 9.68 Å². The number of benzene rings is 2. The third-order valence-corrected chi connectivity index (χ3v) is 2.56. The summed E-state index contributed by atoms with van der Waals surface area (Å²) in [5.74, 6) is 1.28. The maximum Gasteiger partial charge on any atom is 0.264 e. The molecule has 5 nitrogen and oxygen atoms in total. The Kier molecular flexibility index (Phi) is 4.44. The highest BCUT2D eigenvalue weighted by atomic mass is 16.7. The van der Waals surface area contributed by atoms with Crippen molar-refractivity contribution in [3.05, 3.63) is 59.7 Å². The summed E-state index contributed by atoms with van der Waals surface area (Å²) in [6.07, 6.45) is 0. The number of nitrogens with one attached hydrogen (secondary N) is 1. The van der Waals surface area contributed by atoms with Gasteiger partial charge in [-0.15, -0.1) is 0 Å². The molecule has 0 saturated carbocycles. The standard InChI is InChI=1S/C15H17N3O2/c1-11-3-7-13(8-4-11)19-17-15(16)18-20-14-9-5-12(2)6-10-14/h3-10H,1-2H3,(H3,16,17,18). The fraction of sp³-hybridized carbons (Fsp3) is 0.133. The predicted molar refractivity (Wildman–Crippen MR) is 78.4 cm³/mol. The van der Waals surface area contributed by atoms with Crippen LogP contribution < -0.4 is 20.9 Å². The minimum absolute atomic E-state index is 0.0335. The minimum atomic E-state index is 0.0335. The Bertz CT molecular complexity index is 577. The molecule has 0 heterocycles. The van der Waals surface area contributed by atoms with Crippen LogP contribution in [-0.4, -0.2) is 5.96 Å². The molecule has 0 spiro atoms. The molecule has 0 radical (unpaired) electrons. The second kappa shape index (κ2) is 6.47. The summed E-state index contributed by atoms with van der Waals surface area (Å²) in [5, 5.41) is 3.72. The van der Waals surface area contributed by atoms with Gasteiger partial charge in [0.1, 0.15) is 0 Å². The second-order valence-electron chi connectivity index (χ2n) is 4.40. The molecule has 3 N–H and O–H groups in total. The molecule has 0 aliphatic carbocycles. The predicted octanol–water partition coefficient (Wildman–Crippen LogP) is 2.50. The zero-order valence-electron chi connectivity index (χ0n) is 11.5. The van der Waals surface area contributed by atoms with E-state index in [2.05, 4.69) is 10.6 Å². The Labute approximate surface area is 118 Å². The molecule has 2 rings (SSSR count). The maximum absolute atomic E-state index is 5.62. The lowest BCUT2D eigenvalue weighted by Crippen LogP contribution is -2.34. The van der Waals surface area contributed by atoms with Crippen LogP contribution in [0.2, 0.25) is 0 Å². The Morgan fingerprint density at radius 1 is 0.900 bits per heavy atom. The largest absolute Gasteiger partial charge is 0.379 e. The third-order valence-electron chi connectivity index (χ3n) is 2.56. The number of guanidine groups is 1. The molecule has 0 aliphatic heterocycles. The molecule has 2 aromatic carbocycles. The van der Waals surface area contributed by atoms with Gasteiger partial charge in [0.15, 0.2) is 11.5 Å². The Balaban J connectivity index is 1.84. The van der Waals surface area contributed by atoms with Gasteiger partial charge in [-0.3, -0.25) is 0 Å². The molecule has 0 aliphatic rings. The fourth-order valence-electron chi connectivity index (χ4n) is 1.44. The van der Waals surface area contributed by atoms with E-state index in [1.807, 2.05) is 62.4 Å². The summed E-state index contributed by atoms with van der Waals surface area (Å²) in [6, 6.07) is 15.0. The van der Waals surface area contributed by atoms with Crippen molar-refractivity contribution in [2.45, 2.75) is 13.8 Å². The molecule has 0 amide bonds. The average molecular weight is 271 g/mol. The summed E-state index contributed by atoms with van der Waals surface area (Å²) in [4.78, 5) is 10.4. The van der Waals surface area contributed by atoms with Gasteiger partial charge in [0.05, 0.1) is 0 Å². The smallest absolute Gasteiger partial charge is 0.264 e. The molecule has 0 saturated heterocycles. The van der Waals surface area contributed by atoms with Gasteiger partial charge in [-0.2, -0.15) is 5.48 Å². The minimum Gasteiger partial charge on any atom is -0.379 e. The highest BCUT2D eigenvalue weighted by molar-refractivity contribution is 5.76. The first kappa shape index (κ1) is 13.7. The number of nitrogens with two attached hydrogens (primary N) is 1. The molecule has 0 bridgehead atoms. The number of oxime groups is 1. The highest BCUT2D eigenvalue weighted by Crippen LogP contribution is 2.12. The highest BCUT2D eigenvalue weighted by Gasteiger charge is 1.97. The first-order valence-electron chi connectivity index (χ1n) is 6.20. The van der Waals surface area contributed by atoms with E-state index in [0.29, 0.717) is 11.5 Å². The van der Waals surface area contributed by atoms with Crippen molar-refractivity contribution >= 4 is 5.96 Å². The number of hydrogen-bond donors (Lipinski definition) is 2. The maximum atomic E-state index is 5.62. The van der Waals surface area contributed by atoms with Crippen molar-refractivity contribution in [2.24, 2.45) is 10.9 Å². The number of nitrogens with zero attached hydrogens (tertiary/aromatic N) is 1. The van der Waals surface area contributed by atoms with Gasteiger partial charge in [-0.25, -0.2) is 0 Å². The van der Waals surface area contributed by atoms with E-state index in [0.717, 1.165) is 11.1 Å². The fourth-order valence-corrected chi connectivity index (χ4v) is 1.44. The Hall–Kier alpha value is -2.69. The van der Waals surface area contributed by atoms with Gasteiger partial charge in [-0.1, -0.05) is 35.4 Å². The van der Waals surface area contributed by atoms with E-state index in [4.69, 9.17) is 15.4 Å². The topological polar surface area (TPSA) is 68.9 Å². The van der Waals surface area contributed by atoms with E-state index >= 15 is 0 Å². The van der Waals surface area contributed by atoms with Gasteiger partial charge in [0, 0.05) is 0 Å². The zero-order chi connectivity index (χ0) is 14.4. The van der Waals surface area contributed by atoms with Crippen LogP contribution >= 0.6 is 0 Å². The summed E-state index contributed by atoms with van der Waals surface area (Å²) in [6.45, 7) is 4.00. The first-order chi connectivity index (χ1) is 9.63. The normalized spacial score (nSPS) is 11.0. The van der Waals surface area contributed by atoms with E-state index in [-0.39, 0.29) is 5.96 Å². The van der Waals surface area contributed by atoms with Crippen LogP contribution in [0.1, 0.15) is 11.1 Å². The average Bonchev–Trinajstić information content (AvgIpc) is 2.46. The molecule has 5 heteroatoms. The third kappa shape index (κ3) is 4.20. The summed E-state index contributed by atoms with van der Waals surface area (Å²) in [7, 11) is 0. The van der Waals surface area contributed by atoms with E-state index in [1.54, 1.807) is 0 Å². The van der Waals surface area contributed by atoms with Crippen molar-refractivity contribution in [1.29, 1.82) is 0 Å². The van der Waals surface area contributed by atoms with Crippen molar-refractivity contribution in [1.82, 2.24) is 5.48 Å². The van der Waals surface area contributed by atoms with Crippen LogP contribution in [0.4, 0.5) is 0 Å². The summed E-state index contributed by atoms with van der Waals surface area (Å²) >= 11 is 0. The Morgan fingerprint density at radius 2 is 1.40 bits per heavy atom. The lowest BCUT2D eigenvalue weighted by atomic mass is 10.2. The molecule has 0 unspecified atom stereocenters. The number of hydrogen-bond acceptors (Lipinski definition) is 3. The molecule has 0 fully saturated rings. The van der Waals surface area contributed by atoms with E-state index in [1.165, 1.54) is 0 Å². The van der Waals surface area contributed by atoms with Crippen LogP contribution in [0.5, 0.6) is 11.5 Å². The van der Waals surface area contributed by atoms with E-state index in [9.17, 15) is 0 Å². The van der Waals surface area contributed by atoms with Crippen molar-refractivity contribution in [2.75, 3.05) is 0 Å². The molecule has 20 heavy (non-hydrogen) atoms.